The van der Waals surface area contributed by atoms with E-state index in [9.17, 15) is 24.0 Å². The Hall–Kier alpha value is -4.41. The highest BCUT2D eigenvalue weighted by molar-refractivity contribution is 5.93. The van der Waals surface area contributed by atoms with Gasteiger partial charge >= 0.3 is 24.0 Å². The molecule has 0 aliphatic heterocycles. The number of amides is 2. The summed E-state index contributed by atoms with van der Waals surface area (Å²) in [6, 6.07) is 15.0. The monoisotopic (exact) mass is 514 g/mol. The van der Waals surface area contributed by atoms with Crippen molar-refractivity contribution in [2.45, 2.75) is 31.5 Å². The van der Waals surface area contributed by atoms with E-state index in [1.165, 1.54) is 0 Å². The van der Waals surface area contributed by atoms with E-state index >= 15 is 0 Å². The van der Waals surface area contributed by atoms with Gasteiger partial charge in [-0.25, -0.2) is 9.59 Å². The summed E-state index contributed by atoms with van der Waals surface area (Å²) in [6.45, 7) is -0.0271. The fourth-order valence-electron chi connectivity index (χ4n) is 3.42. The lowest BCUT2D eigenvalue weighted by molar-refractivity contribution is -0.159. The number of methoxy groups -OCH3 is 3. The molecule has 0 radical (unpaired) electrons. The number of carbonyl (C=O) groups excluding carboxylic acids is 5. The molecule has 0 aliphatic carbocycles. The lowest BCUT2D eigenvalue weighted by atomic mass is 9.95. The van der Waals surface area contributed by atoms with Crippen LogP contribution < -0.4 is 10.6 Å². The van der Waals surface area contributed by atoms with Gasteiger partial charge in [0.15, 0.2) is 0 Å². The molecule has 0 saturated heterocycles. The summed E-state index contributed by atoms with van der Waals surface area (Å²) in [5.74, 6) is -4.97. The van der Waals surface area contributed by atoms with Gasteiger partial charge in [0.1, 0.15) is 18.7 Å². The predicted molar refractivity (Wildman–Crippen MR) is 130 cm³/mol. The molecule has 11 nitrogen and oxygen atoms in total. The standard InChI is InChI=1S/C26H30N2O9/c1-34-21(29)15-19(24(31)35-2)22(25(32)36-3)28-23(30)20(14-17-10-6-4-7-11-17)27-26(33)37-16-18-12-8-5-9-13-18/h4-13,19-20,22H,14-16H2,1-3H3,(H,27,33)(H,28,30)/t19-,20+,22+/m0/s1. The molecular formula is C26H30N2O9. The Labute approximate surface area is 214 Å². The van der Waals surface area contributed by atoms with E-state index in [1.807, 2.05) is 6.07 Å². The van der Waals surface area contributed by atoms with Crippen molar-refractivity contribution in [3.8, 4) is 0 Å². The average molecular weight is 515 g/mol. The van der Waals surface area contributed by atoms with Crippen LogP contribution in [0.2, 0.25) is 0 Å². The lowest BCUT2D eigenvalue weighted by Gasteiger charge is -2.26. The first-order valence-electron chi connectivity index (χ1n) is 11.3. The van der Waals surface area contributed by atoms with E-state index in [4.69, 9.17) is 14.2 Å². The first-order valence-corrected chi connectivity index (χ1v) is 11.3. The summed E-state index contributed by atoms with van der Waals surface area (Å²) in [4.78, 5) is 62.6. The van der Waals surface area contributed by atoms with Crippen LogP contribution in [0.15, 0.2) is 60.7 Å². The predicted octanol–water partition coefficient (Wildman–Crippen LogP) is 1.53. The Morgan fingerprint density at radius 3 is 1.84 bits per heavy atom. The fraction of sp³-hybridized carbons (Fsp3) is 0.346. The molecule has 0 unspecified atom stereocenters. The molecule has 0 aromatic heterocycles. The van der Waals surface area contributed by atoms with Gasteiger partial charge in [-0.1, -0.05) is 60.7 Å². The maximum absolute atomic E-state index is 13.3. The van der Waals surface area contributed by atoms with Crippen molar-refractivity contribution in [3.63, 3.8) is 0 Å². The third-order valence-electron chi connectivity index (χ3n) is 5.38. The Balaban J connectivity index is 2.25. The highest BCUT2D eigenvalue weighted by Crippen LogP contribution is 2.15. The van der Waals surface area contributed by atoms with Crippen LogP contribution in [0.5, 0.6) is 0 Å². The van der Waals surface area contributed by atoms with Gasteiger partial charge in [0, 0.05) is 6.42 Å². The molecule has 0 saturated carbocycles. The van der Waals surface area contributed by atoms with E-state index in [0.29, 0.717) is 5.56 Å². The molecule has 2 aromatic rings. The van der Waals surface area contributed by atoms with Gasteiger partial charge in [-0.15, -0.1) is 0 Å². The molecule has 0 spiro atoms. The minimum absolute atomic E-state index is 0.0271. The number of rotatable bonds is 12. The molecule has 11 heteroatoms. The normalized spacial score (nSPS) is 12.7. The van der Waals surface area contributed by atoms with Gasteiger partial charge in [-0.05, 0) is 11.1 Å². The van der Waals surface area contributed by atoms with E-state index in [1.54, 1.807) is 54.6 Å². The zero-order valence-corrected chi connectivity index (χ0v) is 20.8. The molecule has 0 heterocycles. The van der Waals surface area contributed by atoms with Gasteiger partial charge in [-0.3, -0.25) is 14.4 Å². The SMILES string of the molecule is COC(=O)C[C@H](C(=O)OC)[C@@H](NC(=O)[C@@H](Cc1ccccc1)NC(=O)OCc1ccccc1)C(=O)OC. The van der Waals surface area contributed by atoms with Crippen molar-refractivity contribution < 1.29 is 42.9 Å². The molecule has 198 valence electrons. The number of carbonyl (C=O) groups is 5. The minimum atomic E-state index is -1.59. The third-order valence-corrected chi connectivity index (χ3v) is 5.38. The fourth-order valence-corrected chi connectivity index (χ4v) is 3.42. The second-order valence-electron chi connectivity index (χ2n) is 7.87. The number of esters is 3. The first-order chi connectivity index (χ1) is 17.8. The maximum Gasteiger partial charge on any atom is 0.408 e. The summed E-state index contributed by atoms with van der Waals surface area (Å²) >= 11 is 0. The van der Waals surface area contributed by atoms with Gasteiger partial charge in [-0.2, -0.15) is 0 Å². The summed E-state index contributed by atoms with van der Waals surface area (Å²) in [5.41, 5.74) is 1.45. The van der Waals surface area contributed by atoms with Gasteiger partial charge in [0.05, 0.1) is 33.7 Å². The molecule has 0 bridgehead atoms. The number of alkyl carbamates (subject to hydrolysis) is 1. The van der Waals surface area contributed by atoms with Crippen molar-refractivity contribution in [1.82, 2.24) is 10.6 Å². The van der Waals surface area contributed by atoms with Crippen LogP contribution >= 0.6 is 0 Å². The molecule has 3 atom stereocenters. The van der Waals surface area contributed by atoms with Crippen molar-refractivity contribution in [2.75, 3.05) is 21.3 Å². The number of hydrogen-bond donors (Lipinski definition) is 2. The number of benzene rings is 2. The zero-order valence-electron chi connectivity index (χ0n) is 20.8. The summed E-state index contributed by atoms with van der Waals surface area (Å²) < 4.78 is 19.3. The van der Waals surface area contributed by atoms with E-state index < -0.39 is 54.3 Å². The number of nitrogens with one attached hydrogen (secondary N) is 2. The van der Waals surface area contributed by atoms with Crippen LogP contribution in [-0.4, -0.2) is 63.3 Å². The van der Waals surface area contributed by atoms with E-state index in [0.717, 1.165) is 26.9 Å². The Morgan fingerprint density at radius 2 is 1.30 bits per heavy atom. The van der Waals surface area contributed by atoms with E-state index in [2.05, 4.69) is 15.4 Å². The highest BCUT2D eigenvalue weighted by atomic mass is 16.6. The van der Waals surface area contributed by atoms with Crippen LogP contribution in [0.1, 0.15) is 17.5 Å². The maximum atomic E-state index is 13.3. The molecule has 2 N–H and O–H groups in total. The van der Waals surface area contributed by atoms with Crippen LogP contribution in [-0.2, 0) is 51.2 Å². The molecule has 2 amide bonds. The smallest absolute Gasteiger partial charge is 0.408 e. The number of hydrogen-bond acceptors (Lipinski definition) is 9. The quantitative estimate of drug-likeness (QED) is 0.318. The topological polar surface area (TPSA) is 146 Å². The van der Waals surface area contributed by atoms with Gasteiger partial charge < -0.3 is 29.6 Å². The van der Waals surface area contributed by atoms with Crippen LogP contribution in [0.4, 0.5) is 4.79 Å². The minimum Gasteiger partial charge on any atom is -0.469 e. The largest absolute Gasteiger partial charge is 0.469 e. The molecule has 0 fully saturated rings. The number of ether oxygens (including phenoxy) is 4. The van der Waals surface area contributed by atoms with E-state index in [-0.39, 0.29) is 13.0 Å². The van der Waals surface area contributed by atoms with Gasteiger partial charge in [0.2, 0.25) is 5.91 Å². The zero-order chi connectivity index (χ0) is 27.2. The summed E-state index contributed by atoms with van der Waals surface area (Å²) in [6.07, 6.45) is -1.38. The van der Waals surface area contributed by atoms with Crippen LogP contribution in [0.25, 0.3) is 0 Å². The summed E-state index contributed by atoms with van der Waals surface area (Å²) in [7, 11) is 3.25. The Morgan fingerprint density at radius 1 is 0.730 bits per heavy atom. The van der Waals surface area contributed by atoms with Crippen molar-refractivity contribution >= 4 is 29.9 Å². The molecule has 37 heavy (non-hydrogen) atoms. The summed E-state index contributed by atoms with van der Waals surface area (Å²) in [5, 5.41) is 4.92. The first kappa shape index (κ1) is 28.8. The lowest BCUT2D eigenvalue weighted by Crippen LogP contribution is -2.56. The van der Waals surface area contributed by atoms with Crippen molar-refractivity contribution in [1.29, 1.82) is 0 Å². The molecule has 0 aliphatic rings. The third kappa shape index (κ3) is 9.28. The molecule has 2 rings (SSSR count). The van der Waals surface area contributed by atoms with Crippen molar-refractivity contribution in [3.05, 3.63) is 71.8 Å². The Kier molecular flexibility index (Phi) is 11.6. The Bertz CT molecular complexity index is 1060. The molecule has 2 aromatic carbocycles. The average Bonchev–Trinajstić information content (AvgIpc) is 2.93. The van der Waals surface area contributed by atoms with Gasteiger partial charge in [0.25, 0.3) is 0 Å². The molecular weight excluding hydrogens is 484 g/mol. The van der Waals surface area contributed by atoms with Crippen molar-refractivity contribution in [2.24, 2.45) is 5.92 Å². The highest BCUT2D eigenvalue weighted by Gasteiger charge is 2.40. The van der Waals surface area contributed by atoms with Crippen LogP contribution in [0.3, 0.4) is 0 Å². The second-order valence-corrected chi connectivity index (χ2v) is 7.87. The second kappa shape index (κ2) is 14.9. The van der Waals surface area contributed by atoms with Crippen LogP contribution in [0, 0.1) is 5.92 Å².